The number of hydrogen-bond donors (Lipinski definition) is 1. The average Bonchev–Trinajstić information content (AvgIpc) is 2.77. The maximum absolute atomic E-state index is 6.19. The van der Waals surface area contributed by atoms with Gasteiger partial charge in [0.05, 0.1) is 6.04 Å². The lowest BCUT2D eigenvalue weighted by molar-refractivity contribution is 0.555. The zero-order valence-electron chi connectivity index (χ0n) is 11.6. The highest BCUT2D eigenvalue weighted by atomic mass is 35.5. The number of halogens is 1. The van der Waals surface area contributed by atoms with Gasteiger partial charge < -0.3 is 5.32 Å². The Morgan fingerprint density at radius 2 is 1.95 bits per heavy atom. The summed E-state index contributed by atoms with van der Waals surface area (Å²) in [4.78, 5) is 4.53. The van der Waals surface area contributed by atoms with E-state index in [1.54, 1.807) is 0 Å². The summed E-state index contributed by atoms with van der Waals surface area (Å²) in [6, 6.07) is 7.94. The van der Waals surface area contributed by atoms with Gasteiger partial charge in [0, 0.05) is 22.0 Å². The molecule has 1 N–H and O–H groups in total. The third-order valence-corrected chi connectivity index (χ3v) is 3.80. The van der Waals surface area contributed by atoms with Crippen LogP contribution in [0.2, 0.25) is 5.02 Å². The van der Waals surface area contributed by atoms with E-state index in [0.29, 0.717) is 0 Å². The van der Waals surface area contributed by atoms with Crippen LogP contribution < -0.4 is 5.32 Å². The molecular formula is C14H18ClN3S. The second kappa shape index (κ2) is 5.47. The number of aromatic nitrogens is 2. The summed E-state index contributed by atoms with van der Waals surface area (Å²) in [5, 5.41) is 4.95. The minimum atomic E-state index is -0.0237. The molecule has 3 nitrogen and oxygen atoms in total. The van der Waals surface area contributed by atoms with E-state index >= 15 is 0 Å². The van der Waals surface area contributed by atoms with Crippen LogP contribution in [0.5, 0.6) is 0 Å². The van der Waals surface area contributed by atoms with Crippen LogP contribution in [-0.2, 0) is 5.41 Å². The van der Waals surface area contributed by atoms with Crippen LogP contribution in [0.1, 0.15) is 45.1 Å². The fourth-order valence-corrected chi connectivity index (χ4v) is 2.82. The van der Waals surface area contributed by atoms with Gasteiger partial charge in [-0.25, -0.2) is 4.98 Å². The molecule has 0 bridgehead atoms. The Bertz CT molecular complexity index is 560. The van der Waals surface area contributed by atoms with Crippen molar-refractivity contribution < 1.29 is 0 Å². The number of anilines is 1. The first-order valence-electron chi connectivity index (χ1n) is 6.23. The maximum atomic E-state index is 6.19. The van der Waals surface area contributed by atoms with Gasteiger partial charge in [0.15, 0.2) is 0 Å². The summed E-state index contributed by atoms with van der Waals surface area (Å²) in [5.74, 6) is 0.867. The normalized spacial score (nSPS) is 13.3. The topological polar surface area (TPSA) is 37.8 Å². The Balaban J connectivity index is 2.14. The second-order valence-electron chi connectivity index (χ2n) is 5.56. The zero-order valence-corrected chi connectivity index (χ0v) is 13.1. The standard InChI is InChI=1S/C14H18ClN3S/c1-9(10-7-5-6-8-11(10)15)16-13-17-12(18-19-13)14(2,3)4/h5-9H,1-4H3,(H,16,17,18). The molecule has 19 heavy (non-hydrogen) atoms. The molecule has 1 unspecified atom stereocenters. The number of nitrogens with zero attached hydrogens (tertiary/aromatic N) is 2. The Kier molecular flexibility index (Phi) is 4.11. The molecule has 0 saturated carbocycles. The summed E-state index contributed by atoms with van der Waals surface area (Å²) >= 11 is 7.58. The van der Waals surface area contributed by atoms with E-state index in [9.17, 15) is 0 Å². The lowest BCUT2D eigenvalue weighted by atomic mass is 9.96. The molecule has 0 aliphatic heterocycles. The van der Waals surface area contributed by atoms with Crippen LogP contribution in [0, 0.1) is 0 Å². The summed E-state index contributed by atoms with van der Waals surface area (Å²) < 4.78 is 4.39. The number of benzene rings is 1. The van der Waals surface area contributed by atoms with Gasteiger partial charge in [-0.15, -0.1) is 0 Å². The predicted octanol–water partition coefficient (Wildman–Crippen LogP) is 4.66. The molecule has 0 aliphatic carbocycles. The van der Waals surface area contributed by atoms with Crippen molar-refractivity contribution in [1.29, 1.82) is 0 Å². The fourth-order valence-electron chi connectivity index (χ4n) is 1.68. The summed E-state index contributed by atoms with van der Waals surface area (Å²) in [5.41, 5.74) is 1.04. The monoisotopic (exact) mass is 295 g/mol. The summed E-state index contributed by atoms with van der Waals surface area (Å²) in [6.07, 6.45) is 0. The largest absolute Gasteiger partial charge is 0.354 e. The van der Waals surface area contributed by atoms with Gasteiger partial charge in [0.25, 0.3) is 0 Å². The van der Waals surface area contributed by atoms with Gasteiger partial charge in [0.1, 0.15) is 5.82 Å². The lowest BCUT2D eigenvalue weighted by Crippen LogP contribution is -2.13. The highest BCUT2D eigenvalue weighted by molar-refractivity contribution is 7.09. The van der Waals surface area contributed by atoms with Crippen molar-refractivity contribution in [1.82, 2.24) is 9.36 Å². The lowest BCUT2D eigenvalue weighted by Gasteiger charge is -2.15. The number of rotatable bonds is 3. The number of nitrogens with one attached hydrogen (secondary N) is 1. The van der Waals surface area contributed by atoms with E-state index in [-0.39, 0.29) is 11.5 Å². The molecule has 102 valence electrons. The Morgan fingerprint density at radius 1 is 1.26 bits per heavy atom. The minimum Gasteiger partial charge on any atom is -0.354 e. The Morgan fingerprint density at radius 3 is 2.53 bits per heavy atom. The van der Waals surface area contributed by atoms with E-state index in [1.165, 1.54) is 11.5 Å². The van der Waals surface area contributed by atoms with Crippen molar-refractivity contribution in [3.05, 3.63) is 40.7 Å². The number of hydrogen-bond acceptors (Lipinski definition) is 4. The maximum Gasteiger partial charge on any atom is 0.203 e. The van der Waals surface area contributed by atoms with E-state index in [2.05, 4.69) is 42.4 Å². The van der Waals surface area contributed by atoms with Crippen molar-refractivity contribution in [2.24, 2.45) is 0 Å². The molecule has 0 saturated heterocycles. The quantitative estimate of drug-likeness (QED) is 0.895. The highest BCUT2D eigenvalue weighted by Gasteiger charge is 2.20. The first-order chi connectivity index (χ1) is 8.88. The van der Waals surface area contributed by atoms with E-state index in [1.807, 2.05) is 24.3 Å². The first kappa shape index (κ1) is 14.3. The second-order valence-corrected chi connectivity index (χ2v) is 6.72. The predicted molar refractivity (Wildman–Crippen MR) is 82.1 cm³/mol. The highest BCUT2D eigenvalue weighted by Crippen LogP contribution is 2.28. The van der Waals surface area contributed by atoms with Gasteiger partial charge in [-0.05, 0) is 18.6 Å². The fraction of sp³-hybridized carbons (Fsp3) is 0.429. The minimum absolute atomic E-state index is 0.0237. The van der Waals surface area contributed by atoms with Gasteiger partial charge in [-0.1, -0.05) is 50.6 Å². The molecule has 1 aromatic carbocycles. The van der Waals surface area contributed by atoms with Crippen molar-refractivity contribution >= 4 is 28.3 Å². The summed E-state index contributed by atoms with van der Waals surface area (Å²) in [7, 11) is 0. The molecule has 0 radical (unpaired) electrons. The molecule has 2 rings (SSSR count). The molecule has 1 aromatic heterocycles. The van der Waals surface area contributed by atoms with Gasteiger partial charge in [0.2, 0.25) is 5.13 Å². The molecule has 5 heteroatoms. The molecule has 0 aliphatic rings. The Hall–Kier alpha value is -1.13. The third-order valence-electron chi connectivity index (χ3n) is 2.81. The summed E-state index contributed by atoms with van der Waals surface area (Å²) in [6.45, 7) is 8.39. The van der Waals surface area contributed by atoms with Crippen molar-refractivity contribution in [2.75, 3.05) is 5.32 Å². The van der Waals surface area contributed by atoms with Crippen LogP contribution >= 0.6 is 23.1 Å². The zero-order chi connectivity index (χ0) is 14.0. The van der Waals surface area contributed by atoms with E-state index in [4.69, 9.17) is 11.6 Å². The smallest absolute Gasteiger partial charge is 0.203 e. The van der Waals surface area contributed by atoms with Crippen molar-refractivity contribution in [3.8, 4) is 0 Å². The van der Waals surface area contributed by atoms with Crippen LogP contribution in [0.15, 0.2) is 24.3 Å². The molecule has 0 fully saturated rings. The van der Waals surface area contributed by atoms with E-state index in [0.717, 1.165) is 21.5 Å². The molecule has 1 heterocycles. The third kappa shape index (κ3) is 3.45. The van der Waals surface area contributed by atoms with Crippen LogP contribution in [-0.4, -0.2) is 9.36 Å². The molecule has 2 aromatic rings. The van der Waals surface area contributed by atoms with Crippen molar-refractivity contribution in [3.63, 3.8) is 0 Å². The Labute approximate surface area is 123 Å². The van der Waals surface area contributed by atoms with Gasteiger partial charge in [-0.2, -0.15) is 4.37 Å². The SMILES string of the molecule is CC(Nc1nc(C(C)(C)C)ns1)c1ccccc1Cl. The molecular weight excluding hydrogens is 278 g/mol. The average molecular weight is 296 g/mol. The molecule has 1 atom stereocenters. The van der Waals surface area contributed by atoms with Gasteiger partial charge >= 0.3 is 0 Å². The first-order valence-corrected chi connectivity index (χ1v) is 7.38. The van der Waals surface area contributed by atoms with Crippen LogP contribution in [0.25, 0.3) is 0 Å². The van der Waals surface area contributed by atoms with Crippen LogP contribution in [0.3, 0.4) is 0 Å². The van der Waals surface area contributed by atoms with Crippen molar-refractivity contribution in [2.45, 2.75) is 39.2 Å². The van der Waals surface area contributed by atoms with E-state index < -0.39 is 0 Å². The van der Waals surface area contributed by atoms with Gasteiger partial charge in [-0.3, -0.25) is 0 Å². The molecule has 0 amide bonds. The molecule has 0 spiro atoms. The van der Waals surface area contributed by atoms with Crippen LogP contribution in [0.4, 0.5) is 5.13 Å².